The molecule has 5 rings (SSSR count). The second-order valence-corrected chi connectivity index (χ2v) is 9.23. The van der Waals surface area contributed by atoms with Crippen LogP contribution in [0, 0.1) is 5.82 Å². The molecule has 1 amide bonds. The van der Waals surface area contributed by atoms with Crippen molar-refractivity contribution >= 4 is 49.9 Å². The van der Waals surface area contributed by atoms with Crippen molar-refractivity contribution in [3.63, 3.8) is 0 Å². The summed E-state index contributed by atoms with van der Waals surface area (Å²) in [6.45, 7) is -0.269. The molecule has 0 aliphatic rings. The number of aromatic nitrogens is 4. The topological polar surface area (TPSA) is 98.5 Å². The van der Waals surface area contributed by atoms with Gasteiger partial charge in [-0.15, -0.1) is 5.10 Å². The van der Waals surface area contributed by atoms with E-state index in [0.717, 1.165) is 10.0 Å². The van der Waals surface area contributed by atoms with Crippen LogP contribution in [0.15, 0.2) is 76.3 Å². The van der Waals surface area contributed by atoms with Gasteiger partial charge in [-0.05, 0) is 60.7 Å². The van der Waals surface area contributed by atoms with Gasteiger partial charge in [0.05, 0.1) is 4.53 Å². The van der Waals surface area contributed by atoms with Crippen LogP contribution >= 0.6 is 27.3 Å². The monoisotopic (exact) mass is 551 g/mol. The third-order valence-corrected chi connectivity index (χ3v) is 6.32. The maximum Gasteiger partial charge on any atom is 0.291 e. The van der Waals surface area contributed by atoms with Crippen LogP contribution in [-0.2, 0) is 4.79 Å². The molecular weight excluding hydrogens is 537 g/mol. The Morgan fingerprint density at radius 3 is 2.66 bits per heavy atom. The first kappa shape index (κ1) is 22.8. The number of ether oxygens (including phenoxy) is 1. The van der Waals surface area contributed by atoms with Crippen molar-refractivity contribution in [1.29, 1.82) is 0 Å². The number of halogens is 2. The van der Waals surface area contributed by atoms with Crippen molar-refractivity contribution in [2.24, 2.45) is 0 Å². The van der Waals surface area contributed by atoms with Gasteiger partial charge in [0, 0.05) is 33.7 Å². The molecule has 0 aliphatic carbocycles. The lowest BCUT2D eigenvalue weighted by Crippen LogP contribution is -2.24. The van der Waals surface area contributed by atoms with Crippen LogP contribution in [0.5, 0.6) is 5.75 Å². The molecule has 0 atom stereocenters. The SMILES string of the molecule is O=C(COc1ccc(Br)cc1/C=c1\sc2nc(-c3ccncc3)nn2c1=O)Nc1ccc(F)cc1. The van der Waals surface area contributed by atoms with Gasteiger partial charge in [0.15, 0.2) is 12.4 Å². The van der Waals surface area contributed by atoms with Gasteiger partial charge < -0.3 is 10.1 Å². The van der Waals surface area contributed by atoms with Crippen molar-refractivity contribution in [1.82, 2.24) is 19.6 Å². The van der Waals surface area contributed by atoms with Gasteiger partial charge in [-0.25, -0.2) is 4.39 Å². The minimum atomic E-state index is -0.405. The zero-order valence-electron chi connectivity index (χ0n) is 17.8. The molecule has 2 aromatic carbocycles. The maximum atomic E-state index is 13.0. The number of thiazole rings is 1. The summed E-state index contributed by atoms with van der Waals surface area (Å²) in [7, 11) is 0. The number of pyridine rings is 1. The second kappa shape index (κ2) is 9.72. The van der Waals surface area contributed by atoms with E-state index in [4.69, 9.17) is 4.74 Å². The lowest BCUT2D eigenvalue weighted by Gasteiger charge is -2.10. The van der Waals surface area contributed by atoms with E-state index in [1.54, 1.807) is 48.8 Å². The van der Waals surface area contributed by atoms with Gasteiger partial charge in [-0.1, -0.05) is 27.3 Å². The third-order valence-electron chi connectivity index (χ3n) is 4.87. The molecule has 0 saturated carbocycles. The third kappa shape index (κ3) is 5.10. The van der Waals surface area contributed by atoms with E-state index in [9.17, 15) is 14.0 Å². The van der Waals surface area contributed by atoms with Crippen molar-refractivity contribution in [3.8, 4) is 17.1 Å². The summed E-state index contributed by atoms with van der Waals surface area (Å²) in [5.41, 5.74) is 1.52. The predicted molar refractivity (Wildman–Crippen MR) is 134 cm³/mol. The highest BCUT2D eigenvalue weighted by molar-refractivity contribution is 9.10. The predicted octanol–water partition coefficient (Wildman–Crippen LogP) is 3.68. The molecule has 8 nitrogen and oxygen atoms in total. The lowest BCUT2D eigenvalue weighted by atomic mass is 10.2. The largest absolute Gasteiger partial charge is 0.483 e. The van der Waals surface area contributed by atoms with E-state index in [2.05, 4.69) is 36.3 Å². The molecule has 0 bridgehead atoms. The highest BCUT2D eigenvalue weighted by atomic mass is 79.9. The Kier molecular flexibility index (Phi) is 6.34. The molecule has 3 aromatic heterocycles. The highest BCUT2D eigenvalue weighted by Gasteiger charge is 2.13. The Hall–Kier alpha value is -3.96. The number of amides is 1. The van der Waals surface area contributed by atoms with Crippen LogP contribution in [0.1, 0.15) is 5.56 Å². The number of hydrogen-bond donors (Lipinski definition) is 1. The fraction of sp³-hybridized carbons (Fsp3) is 0.0417. The minimum absolute atomic E-state index is 0.269. The van der Waals surface area contributed by atoms with Gasteiger partial charge in [0.1, 0.15) is 11.6 Å². The minimum Gasteiger partial charge on any atom is -0.483 e. The molecule has 0 saturated heterocycles. The molecule has 174 valence electrons. The van der Waals surface area contributed by atoms with Crippen LogP contribution in [0.2, 0.25) is 0 Å². The van der Waals surface area contributed by atoms with Gasteiger partial charge in [0.2, 0.25) is 4.96 Å². The first-order valence-electron chi connectivity index (χ1n) is 10.3. The van der Waals surface area contributed by atoms with Gasteiger partial charge in [-0.3, -0.25) is 14.6 Å². The van der Waals surface area contributed by atoms with Crippen LogP contribution in [0.3, 0.4) is 0 Å². The van der Waals surface area contributed by atoms with Crippen molar-refractivity contribution in [2.45, 2.75) is 0 Å². The summed E-state index contributed by atoms with van der Waals surface area (Å²) in [5.74, 6) is 0.0635. The van der Waals surface area contributed by atoms with Crippen molar-refractivity contribution in [3.05, 3.63) is 97.7 Å². The smallest absolute Gasteiger partial charge is 0.291 e. The Labute approximate surface area is 209 Å². The number of nitrogens with one attached hydrogen (secondary N) is 1. The molecule has 5 aromatic rings. The number of hydrogen-bond acceptors (Lipinski definition) is 7. The zero-order valence-corrected chi connectivity index (χ0v) is 20.2. The molecule has 0 unspecified atom stereocenters. The number of fused-ring (bicyclic) bond motifs is 1. The molecule has 0 spiro atoms. The lowest BCUT2D eigenvalue weighted by molar-refractivity contribution is -0.118. The number of rotatable bonds is 6. The zero-order chi connectivity index (χ0) is 24.4. The maximum absolute atomic E-state index is 13.0. The Bertz CT molecular complexity index is 1640. The summed E-state index contributed by atoms with van der Waals surface area (Å²) in [6.07, 6.45) is 4.94. The van der Waals surface area contributed by atoms with E-state index < -0.39 is 11.7 Å². The van der Waals surface area contributed by atoms with E-state index >= 15 is 0 Å². The van der Waals surface area contributed by atoms with Crippen LogP contribution < -0.4 is 20.1 Å². The second-order valence-electron chi connectivity index (χ2n) is 7.31. The Balaban J connectivity index is 1.39. The number of anilines is 1. The van der Waals surface area contributed by atoms with E-state index in [0.29, 0.717) is 32.3 Å². The number of benzene rings is 2. The summed E-state index contributed by atoms with van der Waals surface area (Å²) in [4.78, 5) is 34.1. The summed E-state index contributed by atoms with van der Waals surface area (Å²) < 4.78 is 21.2. The molecule has 35 heavy (non-hydrogen) atoms. The fourth-order valence-corrected chi connectivity index (χ4v) is 4.51. The summed E-state index contributed by atoms with van der Waals surface area (Å²) >= 11 is 4.63. The number of carbonyl (C=O) groups is 1. The van der Waals surface area contributed by atoms with Gasteiger partial charge >= 0.3 is 0 Å². The summed E-state index contributed by atoms with van der Waals surface area (Å²) in [6, 6.07) is 14.2. The molecule has 0 fully saturated rings. The van der Waals surface area contributed by atoms with Crippen LogP contribution in [-0.4, -0.2) is 32.1 Å². The molecule has 0 radical (unpaired) electrons. The molecule has 11 heteroatoms. The van der Waals surface area contributed by atoms with E-state index in [1.165, 1.54) is 40.1 Å². The van der Waals surface area contributed by atoms with Crippen molar-refractivity contribution in [2.75, 3.05) is 11.9 Å². The standard InChI is InChI=1S/C24H15BrFN5O3S/c25-16-1-6-19(34-13-21(32)28-18-4-2-17(26)3-5-18)15(11-16)12-20-23(33)31-24(35-20)29-22(30-31)14-7-9-27-10-8-14/h1-12H,13H2,(H,28,32)/b20-12-. The quantitative estimate of drug-likeness (QED) is 0.345. The van der Waals surface area contributed by atoms with Gasteiger partial charge in [-0.2, -0.15) is 9.50 Å². The Morgan fingerprint density at radius 2 is 1.91 bits per heavy atom. The van der Waals surface area contributed by atoms with E-state index in [1.807, 2.05) is 0 Å². The molecular formula is C24H15BrFN5O3S. The number of carbonyl (C=O) groups excluding carboxylic acids is 1. The average molecular weight is 552 g/mol. The molecule has 1 N–H and O–H groups in total. The van der Waals surface area contributed by atoms with Gasteiger partial charge in [0.25, 0.3) is 11.5 Å². The van der Waals surface area contributed by atoms with E-state index in [-0.39, 0.29) is 12.2 Å². The first-order valence-corrected chi connectivity index (χ1v) is 11.9. The highest BCUT2D eigenvalue weighted by Crippen LogP contribution is 2.24. The Morgan fingerprint density at radius 1 is 1.14 bits per heavy atom. The van der Waals surface area contributed by atoms with Crippen LogP contribution in [0.25, 0.3) is 22.4 Å². The molecule has 3 heterocycles. The van der Waals surface area contributed by atoms with Crippen LogP contribution in [0.4, 0.5) is 10.1 Å². The average Bonchev–Trinajstić information content (AvgIpc) is 3.40. The molecule has 0 aliphatic heterocycles. The normalized spacial score (nSPS) is 11.7. The fourth-order valence-electron chi connectivity index (χ4n) is 3.24. The van der Waals surface area contributed by atoms with Crippen molar-refractivity contribution < 1.29 is 13.9 Å². The first-order chi connectivity index (χ1) is 17.0. The number of nitrogens with zero attached hydrogens (tertiary/aromatic N) is 4. The summed E-state index contributed by atoms with van der Waals surface area (Å²) in [5, 5.41) is 6.97.